The van der Waals surface area contributed by atoms with Gasteiger partial charge in [0.2, 0.25) is 11.8 Å². The normalized spacial score (nSPS) is 14.7. The standard InChI is InChI=1S/C18H26N2O6/c1-3-25-17(22)10-9-16(21)20(13-7-5-4-6-8-13)11-15-19-14(12-26-15)18(23)24-2/h12-13H,3-11H2,1-2H3. The Morgan fingerprint density at radius 2 is 1.96 bits per heavy atom. The van der Waals surface area contributed by atoms with Gasteiger partial charge < -0.3 is 18.8 Å². The third-order valence-electron chi connectivity index (χ3n) is 4.44. The van der Waals surface area contributed by atoms with E-state index in [0.717, 1.165) is 32.1 Å². The van der Waals surface area contributed by atoms with Crippen molar-refractivity contribution in [1.29, 1.82) is 0 Å². The van der Waals surface area contributed by atoms with Crippen LogP contribution in [-0.4, -0.2) is 47.5 Å². The lowest BCUT2D eigenvalue weighted by atomic mass is 9.94. The van der Waals surface area contributed by atoms with E-state index in [9.17, 15) is 14.4 Å². The first-order chi connectivity index (χ1) is 12.5. The third-order valence-corrected chi connectivity index (χ3v) is 4.44. The number of aromatic nitrogens is 1. The van der Waals surface area contributed by atoms with Gasteiger partial charge in [0.25, 0.3) is 0 Å². The molecule has 0 aliphatic heterocycles. The van der Waals surface area contributed by atoms with Crippen LogP contribution in [0.1, 0.15) is 68.2 Å². The van der Waals surface area contributed by atoms with Crippen molar-refractivity contribution in [1.82, 2.24) is 9.88 Å². The minimum atomic E-state index is -0.585. The van der Waals surface area contributed by atoms with E-state index in [-0.39, 0.29) is 48.9 Å². The molecule has 1 aliphatic rings. The minimum Gasteiger partial charge on any atom is -0.466 e. The summed E-state index contributed by atoms with van der Waals surface area (Å²) in [4.78, 5) is 41.6. The van der Waals surface area contributed by atoms with E-state index in [1.165, 1.54) is 13.4 Å². The second-order valence-electron chi connectivity index (χ2n) is 6.24. The Morgan fingerprint density at radius 3 is 2.62 bits per heavy atom. The molecule has 0 saturated heterocycles. The minimum absolute atomic E-state index is 0.0505. The van der Waals surface area contributed by atoms with Crippen molar-refractivity contribution < 1.29 is 28.3 Å². The van der Waals surface area contributed by atoms with Gasteiger partial charge in [0, 0.05) is 12.5 Å². The van der Waals surface area contributed by atoms with Crippen LogP contribution in [0.2, 0.25) is 0 Å². The van der Waals surface area contributed by atoms with Crippen molar-refractivity contribution in [2.45, 2.75) is 64.5 Å². The van der Waals surface area contributed by atoms with Gasteiger partial charge in [0.15, 0.2) is 5.69 Å². The highest BCUT2D eigenvalue weighted by atomic mass is 16.5. The fourth-order valence-corrected chi connectivity index (χ4v) is 3.13. The van der Waals surface area contributed by atoms with Crippen molar-refractivity contribution in [2.75, 3.05) is 13.7 Å². The van der Waals surface area contributed by atoms with E-state index >= 15 is 0 Å². The predicted molar refractivity (Wildman–Crippen MR) is 91.1 cm³/mol. The Labute approximate surface area is 152 Å². The molecule has 0 unspecified atom stereocenters. The largest absolute Gasteiger partial charge is 0.466 e. The Morgan fingerprint density at radius 1 is 1.23 bits per heavy atom. The van der Waals surface area contributed by atoms with E-state index in [1.807, 2.05) is 0 Å². The number of carbonyl (C=O) groups excluding carboxylic acids is 3. The maximum atomic E-state index is 12.7. The molecule has 8 nitrogen and oxygen atoms in total. The Bertz CT molecular complexity index is 621. The highest BCUT2D eigenvalue weighted by molar-refractivity contribution is 5.86. The maximum Gasteiger partial charge on any atom is 0.360 e. The molecule has 1 saturated carbocycles. The van der Waals surface area contributed by atoms with Gasteiger partial charge in [0.05, 0.1) is 26.7 Å². The summed E-state index contributed by atoms with van der Waals surface area (Å²) >= 11 is 0. The van der Waals surface area contributed by atoms with Gasteiger partial charge in [-0.2, -0.15) is 0 Å². The van der Waals surface area contributed by atoms with E-state index in [4.69, 9.17) is 9.15 Å². The smallest absolute Gasteiger partial charge is 0.360 e. The summed E-state index contributed by atoms with van der Waals surface area (Å²) in [5.41, 5.74) is 0.0741. The van der Waals surface area contributed by atoms with E-state index < -0.39 is 5.97 Å². The summed E-state index contributed by atoms with van der Waals surface area (Å²) in [6.07, 6.45) is 6.47. The fraction of sp³-hybridized carbons (Fsp3) is 0.667. The first kappa shape index (κ1) is 19.9. The molecule has 1 aromatic heterocycles. The van der Waals surface area contributed by atoms with E-state index in [2.05, 4.69) is 9.72 Å². The number of rotatable bonds is 8. The molecule has 1 heterocycles. The molecule has 8 heteroatoms. The zero-order valence-corrected chi connectivity index (χ0v) is 15.4. The number of carbonyl (C=O) groups is 3. The average Bonchev–Trinajstić information content (AvgIpc) is 3.13. The number of nitrogens with zero attached hydrogens (tertiary/aromatic N) is 2. The average molecular weight is 366 g/mol. The Kier molecular flexibility index (Phi) is 7.62. The first-order valence-electron chi connectivity index (χ1n) is 9.03. The molecule has 0 atom stereocenters. The molecule has 1 aromatic rings. The lowest BCUT2D eigenvalue weighted by Gasteiger charge is -2.33. The quantitative estimate of drug-likeness (QED) is 0.652. The van der Waals surface area contributed by atoms with Gasteiger partial charge in [-0.05, 0) is 19.8 Å². The highest BCUT2D eigenvalue weighted by Crippen LogP contribution is 2.25. The molecule has 1 amide bonds. The van der Waals surface area contributed by atoms with Crippen LogP contribution in [0.3, 0.4) is 0 Å². The summed E-state index contributed by atoms with van der Waals surface area (Å²) in [7, 11) is 1.27. The molecular weight excluding hydrogens is 340 g/mol. The maximum absolute atomic E-state index is 12.7. The molecule has 0 spiro atoms. The molecule has 1 fully saturated rings. The van der Waals surface area contributed by atoms with Gasteiger partial charge >= 0.3 is 11.9 Å². The lowest BCUT2D eigenvalue weighted by molar-refractivity contribution is -0.146. The Balaban J connectivity index is 2.05. The van der Waals surface area contributed by atoms with E-state index in [1.54, 1.807) is 11.8 Å². The summed E-state index contributed by atoms with van der Waals surface area (Å²) in [6, 6.07) is 0.0897. The summed E-state index contributed by atoms with van der Waals surface area (Å²) in [5.74, 6) is -0.824. The molecule has 0 aromatic carbocycles. The van der Waals surface area contributed by atoms with Gasteiger partial charge in [-0.3, -0.25) is 9.59 Å². The number of ether oxygens (including phenoxy) is 2. The van der Waals surface area contributed by atoms with Gasteiger partial charge in [0.1, 0.15) is 6.26 Å². The van der Waals surface area contributed by atoms with E-state index in [0.29, 0.717) is 6.61 Å². The highest BCUT2D eigenvalue weighted by Gasteiger charge is 2.27. The van der Waals surface area contributed by atoms with Gasteiger partial charge in [-0.1, -0.05) is 19.3 Å². The number of esters is 2. The van der Waals surface area contributed by atoms with Crippen molar-refractivity contribution in [2.24, 2.45) is 0 Å². The van der Waals surface area contributed by atoms with Crippen LogP contribution in [0.15, 0.2) is 10.7 Å². The summed E-state index contributed by atoms with van der Waals surface area (Å²) < 4.78 is 14.8. The van der Waals surface area contributed by atoms with Crippen LogP contribution < -0.4 is 0 Å². The summed E-state index contributed by atoms with van der Waals surface area (Å²) in [5, 5.41) is 0. The third kappa shape index (κ3) is 5.57. The number of methoxy groups -OCH3 is 1. The molecular formula is C18H26N2O6. The molecule has 1 aliphatic carbocycles. The number of oxazole rings is 1. The molecule has 0 radical (unpaired) electrons. The van der Waals surface area contributed by atoms with Crippen LogP contribution in [-0.2, 0) is 25.6 Å². The first-order valence-corrected chi connectivity index (χ1v) is 9.03. The summed E-state index contributed by atoms with van der Waals surface area (Å²) in [6.45, 7) is 2.20. The number of amides is 1. The van der Waals surface area contributed by atoms with Gasteiger partial charge in [-0.15, -0.1) is 0 Å². The van der Waals surface area contributed by atoms with Crippen molar-refractivity contribution in [3.05, 3.63) is 17.8 Å². The zero-order chi connectivity index (χ0) is 18.9. The number of hydrogen-bond acceptors (Lipinski definition) is 7. The van der Waals surface area contributed by atoms with Crippen LogP contribution in [0.25, 0.3) is 0 Å². The van der Waals surface area contributed by atoms with Crippen molar-refractivity contribution in [3.8, 4) is 0 Å². The monoisotopic (exact) mass is 366 g/mol. The molecule has 144 valence electrons. The zero-order valence-electron chi connectivity index (χ0n) is 15.4. The number of hydrogen-bond donors (Lipinski definition) is 0. The fourth-order valence-electron chi connectivity index (χ4n) is 3.13. The van der Waals surface area contributed by atoms with Crippen LogP contribution >= 0.6 is 0 Å². The van der Waals surface area contributed by atoms with Crippen molar-refractivity contribution in [3.63, 3.8) is 0 Å². The van der Waals surface area contributed by atoms with Gasteiger partial charge in [-0.25, -0.2) is 9.78 Å². The van der Waals surface area contributed by atoms with Crippen molar-refractivity contribution >= 4 is 17.8 Å². The Hall–Kier alpha value is -2.38. The topological polar surface area (TPSA) is 98.9 Å². The molecule has 2 rings (SSSR count). The van der Waals surface area contributed by atoms with Crippen LogP contribution in [0.4, 0.5) is 0 Å². The van der Waals surface area contributed by atoms with Crippen LogP contribution in [0.5, 0.6) is 0 Å². The second-order valence-corrected chi connectivity index (χ2v) is 6.24. The van der Waals surface area contributed by atoms with Crippen LogP contribution in [0, 0.1) is 0 Å². The molecule has 0 bridgehead atoms. The predicted octanol–water partition coefficient (Wildman–Crippen LogP) is 2.47. The molecule has 0 N–H and O–H groups in total. The molecule has 26 heavy (non-hydrogen) atoms. The lowest BCUT2D eigenvalue weighted by Crippen LogP contribution is -2.41. The second kappa shape index (κ2) is 9.94. The SMILES string of the molecule is CCOC(=O)CCC(=O)N(Cc1nc(C(=O)OC)co1)C1CCCCC1.